The van der Waals surface area contributed by atoms with Crippen molar-refractivity contribution in [3.05, 3.63) is 23.2 Å². The van der Waals surface area contributed by atoms with Crippen LogP contribution in [0.4, 0.5) is 5.95 Å². The molecule has 1 aromatic heterocycles. The van der Waals surface area contributed by atoms with Gasteiger partial charge in [0, 0.05) is 18.1 Å². The number of nitrogen functional groups attached to an aromatic ring is 1. The molecule has 2 heterocycles. The van der Waals surface area contributed by atoms with E-state index in [2.05, 4.69) is 9.99 Å². The summed E-state index contributed by atoms with van der Waals surface area (Å²) >= 11 is 6.04. The molecule has 1 saturated heterocycles. The molecule has 1 aliphatic rings. The molecule has 0 amide bonds. The van der Waals surface area contributed by atoms with E-state index in [0.29, 0.717) is 5.95 Å². The molecule has 17 heavy (non-hydrogen) atoms. The second-order valence-electron chi connectivity index (χ2n) is 4.43. The predicted molar refractivity (Wildman–Crippen MR) is 71.0 cm³/mol. The lowest BCUT2D eigenvalue weighted by Gasteiger charge is -2.30. The average Bonchev–Trinajstić information content (AvgIpc) is 2.65. The predicted octanol–water partition coefficient (Wildman–Crippen LogP) is 2.39. The third kappa shape index (κ3) is 1.82. The fraction of sp³-hybridized carbons (Fsp3) is 0.417. The van der Waals surface area contributed by atoms with Crippen molar-refractivity contribution in [2.24, 2.45) is 0 Å². The van der Waals surface area contributed by atoms with Gasteiger partial charge in [-0.25, -0.2) is 9.66 Å². The number of piperidine rings is 1. The van der Waals surface area contributed by atoms with E-state index >= 15 is 0 Å². The Kier molecular flexibility index (Phi) is 2.59. The number of rotatable bonds is 1. The number of fused-ring (bicyclic) bond motifs is 1. The van der Waals surface area contributed by atoms with Crippen molar-refractivity contribution >= 4 is 28.6 Å². The highest BCUT2D eigenvalue weighted by Crippen LogP contribution is 2.23. The molecular weight excluding hydrogens is 236 g/mol. The highest BCUT2D eigenvalue weighted by Gasteiger charge is 2.16. The molecule has 4 nitrogen and oxygen atoms in total. The van der Waals surface area contributed by atoms with Crippen molar-refractivity contribution < 1.29 is 0 Å². The summed E-state index contributed by atoms with van der Waals surface area (Å²) in [5.74, 6) is 0.546. The number of hydrogen-bond donors (Lipinski definition) is 1. The largest absolute Gasteiger partial charge is 0.368 e. The molecule has 1 fully saturated rings. The second kappa shape index (κ2) is 4.11. The van der Waals surface area contributed by atoms with Gasteiger partial charge >= 0.3 is 0 Å². The van der Waals surface area contributed by atoms with Gasteiger partial charge in [-0.1, -0.05) is 11.6 Å². The molecule has 0 aliphatic carbocycles. The van der Waals surface area contributed by atoms with Crippen LogP contribution in [0.5, 0.6) is 0 Å². The third-order valence-corrected chi connectivity index (χ3v) is 3.47. The smallest absolute Gasteiger partial charge is 0.220 e. The molecule has 0 unspecified atom stereocenters. The number of imidazole rings is 1. The molecule has 90 valence electrons. The van der Waals surface area contributed by atoms with Gasteiger partial charge in [0.25, 0.3) is 0 Å². The summed E-state index contributed by atoms with van der Waals surface area (Å²) in [7, 11) is 0. The minimum absolute atomic E-state index is 0.546. The Morgan fingerprint density at radius 1 is 1.18 bits per heavy atom. The summed E-state index contributed by atoms with van der Waals surface area (Å²) in [5.41, 5.74) is 7.90. The number of benzene rings is 1. The molecule has 0 atom stereocenters. The molecule has 0 spiro atoms. The lowest BCUT2D eigenvalue weighted by molar-refractivity contribution is 0.489. The molecule has 2 aromatic rings. The second-order valence-corrected chi connectivity index (χ2v) is 4.87. The van der Waals surface area contributed by atoms with Gasteiger partial charge in [0.05, 0.1) is 11.0 Å². The highest BCUT2D eigenvalue weighted by atomic mass is 35.5. The maximum Gasteiger partial charge on any atom is 0.220 e. The Bertz CT molecular complexity index is 543. The lowest BCUT2D eigenvalue weighted by atomic mass is 10.2. The van der Waals surface area contributed by atoms with Crippen LogP contribution in [0.1, 0.15) is 19.3 Å². The SMILES string of the molecule is Nc1nc2ccc(Cl)cc2n1N1CCCCC1. The summed E-state index contributed by atoms with van der Waals surface area (Å²) in [5, 5.41) is 2.97. The van der Waals surface area contributed by atoms with Gasteiger partial charge in [-0.15, -0.1) is 0 Å². The number of hydrogen-bond acceptors (Lipinski definition) is 3. The van der Waals surface area contributed by atoms with Crippen molar-refractivity contribution in [3.63, 3.8) is 0 Å². The number of nitrogens with zero attached hydrogens (tertiary/aromatic N) is 3. The van der Waals surface area contributed by atoms with Crippen molar-refractivity contribution in [2.45, 2.75) is 19.3 Å². The van der Waals surface area contributed by atoms with Crippen molar-refractivity contribution in [1.82, 2.24) is 9.66 Å². The van der Waals surface area contributed by atoms with E-state index in [-0.39, 0.29) is 0 Å². The number of nitrogens with two attached hydrogens (primary N) is 1. The van der Waals surface area contributed by atoms with E-state index in [4.69, 9.17) is 17.3 Å². The zero-order chi connectivity index (χ0) is 11.8. The van der Waals surface area contributed by atoms with Crippen LogP contribution in [0.25, 0.3) is 11.0 Å². The van der Waals surface area contributed by atoms with Gasteiger partial charge < -0.3 is 10.7 Å². The Morgan fingerprint density at radius 2 is 1.94 bits per heavy atom. The molecule has 5 heteroatoms. The maximum atomic E-state index is 6.04. The minimum atomic E-state index is 0.546. The van der Waals surface area contributed by atoms with Crippen molar-refractivity contribution in [1.29, 1.82) is 0 Å². The number of aromatic nitrogens is 2. The first kappa shape index (κ1) is 10.7. The Hall–Kier alpha value is -1.42. The summed E-state index contributed by atoms with van der Waals surface area (Å²) in [6.45, 7) is 2.06. The van der Waals surface area contributed by atoms with Gasteiger partial charge in [0.2, 0.25) is 5.95 Å². The molecule has 0 bridgehead atoms. The van der Waals surface area contributed by atoms with Crippen molar-refractivity contribution in [3.8, 4) is 0 Å². The maximum absolute atomic E-state index is 6.04. The molecule has 1 aromatic carbocycles. The topological polar surface area (TPSA) is 47.1 Å². The van der Waals surface area contributed by atoms with Crippen LogP contribution >= 0.6 is 11.6 Å². The van der Waals surface area contributed by atoms with Crippen LogP contribution in [-0.4, -0.2) is 22.7 Å². The standard InChI is InChI=1S/C12H15ClN4/c13-9-4-5-10-11(8-9)17(12(14)15-10)16-6-2-1-3-7-16/h4-5,8H,1-3,6-7H2,(H2,14,15). The number of halogens is 1. The lowest BCUT2D eigenvalue weighted by Crippen LogP contribution is -2.39. The van der Waals surface area contributed by atoms with E-state index < -0.39 is 0 Å². The molecule has 2 N–H and O–H groups in total. The van der Waals surface area contributed by atoms with Gasteiger partial charge in [0.15, 0.2) is 0 Å². The Labute approximate surface area is 105 Å². The molecule has 3 rings (SSSR count). The molecule has 0 radical (unpaired) electrons. The fourth-order valence-corrected chi connectivity index (χ4v) is 2.60. The first-order chi connectivity index (χ1) is 8.25. The monoisotopic (exact) mass is 250 g/mol. The van der Waals surface area contributed by atoms with E-state index in [0.717, 1.165) is 29.1 Å². The van der Waals surface area contributed by atoms with E-state index in [1.165, 1.54) is 19.3 Å². The van der Waals surface area contributed by atoms with Crippen LogP contribution in [0.3, 0.4) is 0 Å². The molecule has 1 aliphatic heterocycles. The van der Waals surface area contributed by atoms with Gasteiger partial charge in [-0.2, -0.15) is 0 Å². The summed E-state index contributed by atoms with van der Waals surface area (Å²) in [4.78, 5) is 4.37. The van der Waals surface area contributed by atoms with Crippen molar-refractivity contribution in [2.75, 3.05) is 23.8 Å². The van der Waals surface area contributed by atoms with E-state index in [1.54, 1.807) is 0 Å². The van der Waals surface area contributed by atoms with Crippen LogP contribution in [0.2, 0.25) is 5.02 Å². The van der Waals surface area contributed by atoms with Crippen LogP contribution < -0.4 is 10.7 Å². The van der Waals surface area contributed by atoms with Crippen LogP contribution in [-0.2, 0) is 0 Å². The Morgan fingerprint density at radius 3 is 2.71 bits per heavy atom. The number of anilines is 1. The zero-order valence-corrected chi connectivity index (χ0v) is 10.3. The normalized spacial score (nSPS) is 16.6. The van der Waals surface area contributed by atoms with E-state index in [1.807, 2.05) is 22.9 Å². The first-order valence-corrected chi connectivity index (χ1v) is 6.32. The average molecular weight is 251 g/mol. The fourth-order valence-electron chi connectivity index (χ4n) is 2.43. The molecule has 0 saturated carbocycles. The van der Waals surface area contributed by atoms with Gasteiger partial charge in [-0.05, 0) is 37.5 Å². The third-order valence-electron chi connectivity index (χ3n) is 3.23. The summed E-state index contributed by atoms with van der Waals surface area (Å²) < 4.78 is 2.00. The quantitative estimate of drug-likeness (QED) is 0.846. The first-order valence-electron chi connectivity index (χ1n) is 5.94. The molecular formula is C12H15ClN4. The highest BCUT2D eigenvalue weighted by molar-refractivity contribution is 6.31. The summed E-state index contributed by atoms with van der Waals surface area (Å²) in [6.07, 6.45) is 3.71. The zero-order valence-electron chi connectivity index (χ0n) is 9.56. The van der Waals surface area contributed by atoms with Gasteiger partial charge in [-0.3, -0.25) is 0 Å². The van der Waals surface area contributed by atoms with Crippen LogP contribution in [0.15, 0.2) is 18.2 Å². The van der Waals surface area contributed by atoms with E-state index in [9.17, 15) is 0 Å². The van der Waals surface area contributed by atoms with Gasteiger partial charge in [0.1, 0.15) is 0 Å². The van der Waals surface area contributed by atoms with Crippen LogP contribution in [0, 0.1) is 0 Å². The Balaban J connectivity index is 2.13. The minimum Gasteiger partial charge on any atom is -0.368 e. The summed E-state index contributed by atoms with van der Waals surface area (Å²) in [6, 6.07) is 5.68.